The number of thiazole rings is 1. The highest BCUT2D eigenvalue weighted by atomic mass is 32.1. The van der Waals surface area contributed by atoms with E-state index in [4.69, 9.17) is 14.2 Å². The van der Waals surface area contributed by atoms with Gasteiger partial charge in [0.2, 0.25) is 0 Å². The van der Waals surface area contributed by atoms with Crippen molar-refractivity contribution in [3.05, 3.63) is 89.1 Å². The third-order valence-corrected chi connectivity index (χ3v) is 8.21. The van der Waals surface area contributed by atoms with Gasteiger partial charge in [0.1, 0.15) is 0 Å². The molecule has 2 aliphatic rings. The lowest BCUT2D eigenvalue weighted by Crippen LogP contribution is -2.39. The number of aromatic nitrogens is 1. The molecule has 1 atom stereocenters. The molecule has 0 spiro atoms. The van der Waals surface area contributed by atoms with E-state index in [1.807, 2.05) is 13.8 Å². The number of hydrogen-bond acceptors (Lipinski definition) is 10. The second-order valence-electron chi connectivity index (χ2n) is 9.80. The minimum absolute atomic E-state index is 0.0570. The fraction of sp³-hybridized carbons (Fsp3) is 0.367. The molecule has 0 unspecified atom stereocenters. The molecule has 2 aromatic carbocycles. The van der Waals surface area contributed by atoms with Crippen LogP contribution in [0, 0.1) is 10.1 Å². The molecule has 11 nitrogen and oxygen atoms in total. The van der Waals surface area contributed by atoms with Crippen molar-refractivity contribution in [2.45, 2.75) is 39.2 Å². The summed E-state index contributed by atoms with van der Waals surface area (Å²) in [6, 6.07) is 9.20. The predicted octanol–water partition coefficient (Wildman–Crippen LogP) is 3.71. The Balaban J connectivity index is 1.68. The first-order valence-corrected chi connectivity index (χ1v) is 14.7. The van der Waals surface area contributed by atoms with Gasteiger partial charge < -0.3 is 19.1 Å². The topological polar surface area (TPSA) is 126 Å². The number of carbonyl (C=O) groups is 1. The van der Waals surface area contributed by atoms with Crippen LogP contribution in [0.15, 0.2) is 58.0 Å². The summed E-state index contributed by atoms with van der Waals surface area (Å²) < 4.78 is 18.4. The van der Waals surface area contributed by atoms with E-state index in [0.717, 1.165) is 49.4 Å². The first kappa shape index (κ1) is 29.1. The van der Waals surface area contributed by atoms with E-state index >= 15 is 0 Å². The second kappa shape index (κ2) is 12.6. The number of hydrogen-bond donors (Lipinski definition) is 0. The first-order valence-electron chi connectivity index (χ1n) is 13.9. The fourth-order valence-corrected chi connectivity index (χ4v) is 6.28. The van der Waals surface area contributed by atoms with Crippen LogP contribution < -0.4 is 29.3 Å². The highest BCUT2D eigenvalue weighted by Crippen LogP contribution is 2.35. The molecule has 3 aromatic rings. The zero-order valence-corrected chi connectivity index (χ0v) is 24.5. The number of esters is 1. The van der Waals surface area contributed by atoms with Crippen molar-refractivity contribution in [1.82, 2.24) is 4.57 Å². The van der Waals surface area contributed by atoms with Crippen molar-refractivity contribution in [1.29, 1.82) is 0 Å². The van der Waals surface area contributed by atoms with Crippen molar-refractivity contribution in [2.24, 2.45) is 4.99 Å². The lowest BCUT2D eigenvalue weighted by atomic mass is 9.97. The van der Waals surface area contributed by atoms with Crippen LogP contribution >= 0.6 is 11.3 Å². The maximum Gasteiger partial charge on any atom is 0.337 e. The molecule has 0 N–H and O–H groups in total. The van der Waals surface area contributed by atoms with Crippen molar-refractivity contribution < 1.29 is 23.9 Å². The second-order valence-corrected chi connectivity index (χ2v) is 10.8. The number of rotatable bonds is 9. The first-order chi connectivity index (χ1) is 20.4. The maximum absolute atomic E-state index is 14.0. The molecule has 42 heavy (non-hydrogen) atoms. The molecular weight excluding hydrogens is 560 g/mol. The third-order valence-electron chi connectivity index (χ3n) is 7.21. The van der Waals surface area contributed by atoms with Crippen LogP contribution in [0.1, 0.15) is 50.3 Å². The molecule has 0 saturated carbocycles. The van der Waals surface area contributed by atoms with E-state index in [9.17, 15) is 19.7 Å². The summed E-state index contributed by atoms with van der Waals surface area (Å²) in [6.07, 6.45) is 6.30. The Morgan fingerprint density at radius 3 is 2.52 bits per heavy atom. The number of fused-ring (bicyclic) bond motifs is 1. The molecule has 2 aliphatic heterocycles. The van der Waals surface area contributed by atoms with Gasteiger partial charge in [0, 0.05) is 42.7 Å². The zero-order valence-electron chi connectivity index (χ0n) is 23.7. The Morgan fingerprint density at radius 2 is 1.83 bits per heavy atom. The number of ether oxygens (including phenoxy) is 3. The lowest BCUT2D eigenvalue weighted by Gasteiger charge is -2.30. The monoisotopic (exact) mass is 592 g/mol. The van der Waals surface area contributed by atoms with Gasteiger partial charge in [0.25, 0.3) is 11.2 Å². The van der Waals surface area contributed by atoms with Gasteiger partial charge in [-0.2, -0.15) is 0 Å². The minimum atomic E-state index is -0.836. The largest absolute Gasteiger partial charge is 0.490 e. The molecular formula is C30H32N4O7S. The van der Waals surface area contributed by atoms with Crippen LogP contribution in [0.25, 0.3) is 6.08 Å². The highest BCUT2D eigenvalue weighted by molar-refractivity contribution is 7.07. The molecule has 5 rings (SSSR count). The molecule has 1 fully saturated rings. The standard InChI is InChI=1S/C30H32N4O7S/c1-4-40-24-12-9-19(16-25(24)41-5-2)27-22(29(36)39-3)18-31-30-33(27)28(35)26(42-30)17-20-15-21(34(37)38)10-11-23(20)32-13-7-6-8-14-32/h9-12,15-18,27H,4-8,13-14H2,1-3H3/b26-17-/t27-/m0/s1. The molecule has 3 heterocycles. The average molecular weight is 593 g/mol. The number of methoxy groups -OCH3 is 1. The van der Waals surface area contributed by atoms with Crippen molar-refractivity contribution in [3.63, 3.8) is 0 Å². The third kappa shape index (κ3) is 5.67. The average Bonchev–Trinajstić information content (AvgIpc) is 3.32. The number of nitrogens with zero attached hydrogens (tertiary/aromatic N) is 4. The van der Waals surface area contributed by atoms with Gasteiger partial charge in [-0.05, 0) is 62.9 Å². The molecule has 0 amide bonds. The molecule has 0 radical (unpaired) electrons. The normalized spacial score (nSPS) is 16.7. The highest BCUT2D eigenvalue weighted by Gasteiger charge is 2.31. The van der Waals surface area contributed by atoms with Crippen LogP contribution in [-0.2, 0) is 9.53 Å². The van der Waals surface area contributed by atoms with Gasteiger partial charge in [0.05, 0.1) is 41.4 Å². The van der Waals surface area contributed by atoms with Crippen molar-refractivity contribution in [2.75, 3.05) is 38.3 Å². The smallest absolute Gasteiger partial charge is 0.337 e. The van der Waals surface area contributed by atoms with Crippen LogP contribution in [0.4, 0.5) is 11.4 Å². The number of anilines is 1. The summed E-state index contributed by atoms with van der Waals surface area (Å²) in [4.78, 5) is 45.1. The summed E-state index contributed by atoms with van der Waals surface area (Å²) in [6.45, 7) is 6.24. The van der Waals surface area contributed by atoms with E-state index < -0.39 is 16.9 Å². The molecule has 12 heteroatoms. The molecule has 0 aliphatic carbocycles. The Morgan fingerprint density at radius 1 is 1.10 bits per heavy atom. The zero-order chi connectivity index (χ0) is 29.8. The fourth-order valence-electron chi connectivity index (χ4n) is 5.32. The summed E-state index contributed by atoms with van der Waals surface area (Å²) in [5.74, 6) is 0.425. The lowest BCUT2D eigenvalue weighted by molar-refractivity contribution is -0.384. The van der Waals surface area contributed by atoms with Gasteiger partial charge in [-0.25, -0.2) is 9.79 Å². The molecule has 1 saturated heterocycles. The van der Waals surface area contributed by atoms with Crippen LogP contribution in [0.2, 0.25) is 0 Å². The van der Waals surface area contributed by atoms with E-state index in [2.05, 4.69) is 9.89 Å². The summed E-state index contributed by atoms with van der Waals surface area (Å²) in [5.41, 5.74) is 1.79. The summed E-state index contributed by atoms with van der Waals surface area (Å²) in [5, 5.41) is 11.6. The summed E-state index contributed by atoms with van der Waals surface area (Å²) >= 11 is 1.16. The van der Waals surface area contributed by atoms with Gasteiger partial charge in [-0.1, -0.05) is 17.4 Å². The van der Waals surface area contributed by atoms with Gasteiger partial charge in [-0.15, -0.1) is 0 Å². The Bertz CT molecular complexity index is 1720. The molecule has 0 bridgehead atoms. The number of carbonyl (C=O) groups excluding carboxylic acids is 1. The van der Waals surface area contributed by atoms with Gasteiger partial charge in [0.15, 0.2) is 16.3 Å². The van der Waals surface area contributed by atoms with Crippen molar-refractivity contribution >= 4 is 34.8 Å². The Kier molecular flexibility index (Phi) is 8.72. The van der Waals surface area contributed by atoms with E-state index in [1.165, 1.54) is 30.0 Å². The van der Waals surface area contributed by atoms with E-state index in [0.29, 0.717) is 45.2 Å². The van der Waals surface area contributed by atoms with Gasteiger partial charge in [-0.3, -0.25) is 19.5 Å². The number of non-ortho nitro benzene ring substituents is 1. The number of piperidine rings is 1. The van der Waals surface area contributed by atoms with Crippen LogP contribution in [-0.4, -0.2) is 48.9 Å². The molecule has 220 valence electrons. The quantitative estimate of drug-likeness (QED) is 0.209. The number of nitro groups is 1. The Hall–Kier alpha value is -4.45. The van der Waals surface area contributed by atoms with E-state index in [-0.39, 0.29) is 16.8 Å². The number of benzene rings is 2. The SMILES string of the molecule is CCOc1ccc([C@H]2C(C(=O)OC)=CN=c3s/c(=C\c4cc([N+](=O)[O-])ccc4N4CCCCC4)c(=O)n32)cc1OCC. The maximum atomic E-state index is 14.0. The predicted molar refractivity (Wildman–Crippen MR) is 159 cm³/mol. The van der Waals surface area contributed by atoms with Crippen LogP contribution in [0.3, 0.4) is 0 Å². The minimum Gasteiger partial charge on any atom is -0.490 e. The molecule has 1 aromatic heterocycles. The Labute approximate surface area is 246 Å². The van der Waals surface area contributed by atoms with Crippen molar-refractivity contribution in [3.8, 4) is 11.5 Å². The van der Waals surface area contributed by atoms with Crippen LogP contribution in [0.5, 0.6) is 11.5 Å². The summed E-state index contributed by atoms with van der Waals surface area (Å²) in [7, 11) is 1.28. The number of nitro benzene ring substituents is 1. The van der Waals surface area contributed by atoms with Gasteiger partial charge >= 0.3 is 5.97 Å². The van der Waals surface area contributed by atoms with E-state index in [1.54, 1.807) is 30.3 Å².